The largest absolute Gasteiger partial charge is 0.356 e. The summed E-state index contributed by atoms with van der Waals surface area (Å²) in [5.74, 6) is 1.02. The molecule has 4 heterocycles. The third-order valence-electron chi connectivity index (χ3n) is 5.02. The molecule has 130 valence electrons. The molecule has 0 saturated carbocycles. The first-order valence-electron chi connectivity index (χ1n) is 8.75. The number of rotatable bonds is 2. The predicted octanol–water partition coefficient (Wildman–Crippen LogP) is 0.998. The molecular formula is C18H22N6O. The first-order chi connectivity index (χ1) is 12.2. The van der Waals surface area contributed by atoms with Gasteiger partial charge in [0.2, 0.25) is 0 Å². The SMILES string of the molecule is NC1CCN(c2ncnc3c2CCN(C(=O)c2cccnc2)C3)CC1. The van der Waals surface area contributed by atoms with E-state index in [1.165, 1.54) is 5.56 Å². The molecule has 2 aromatic rings. The van der Waals surface area contributed by atoms with Gasteiger partial charge in [-0.25, -0.2) is 9.97 Å². The summed E-state index contributed by atoms with van der Waals surface area (Å²) in [7, 11) is 0. The van der Waals surface area contributed by atoms with Crippen LogP contribution in [0.25, 0.3) is 0 Å². The molecule has 7 nitrogen and oxygen atoms in total. The fourth-order valence-electron chi connectivity index (χ4n) is 3.57. The monoisotopic (exact) mass is 338 g/mol. The van der Waals surface area contributed by atoms with Crippen molar-refractivity contribution in [1.82, 2.24) is 19.9 Å². The number of hydrogen-bond donors (Lipinski definition) is 1. The highest BCUT2D eigenvalue weighted by Crippen LogP contribution is 2.28. The van der Waals surface area contributed by atoms with E-state index < -0.39 is 0 Å². The van der Waals surface area contributed by atoms with Crippen molar-refractivity contribution in [2.45, 2.75) is 31.8 Å². The quantitative estimate of drug-likeness (QED) is 0.879. The fraction of sp³-hybridized carbons (Fsp3) is 0.444. The predicted molar refractivity (Wildman–Crippen MR) is 94.1 cm³/mol. The normalized spacial score (nSPS) is 18.1. The van der Waals surface area contributed by atoms with Crippen LogP contribution in [0.4, 0.5) is 5.82 Å². The third kappa shape index (κ3) is 3.19. The highest BCUT2D eigenvalue weighted by atomic mass is 16.2. The zero-order valence-corrected chi connectivity index (χ0v) is 14.1. The van der Waals surface area contributed by atoms with Gasteiger partial charge in [0.25, 0.3) is 5.91 Å². The molecule has 0 atom stereocenters. The minimum atomic E-state index is 0.00265. The van der Waals surface area contributed by atoms with Crippen molar-refractivity contribution in [3.63, 3.8) is 0 Å². The lowest BCUT2D eigenvalue weighted by atomic mass is 10.0. The molecule has 0 bridgehead atoms. The number of pyridine rings is 1. The summed E-state index contributed by atoms with van der Waals surface area (Å²) in [5, 5.41) is 0. The average molecular weight is 338 g/mol. The maximum absolute atomic E-state index is 12.7. The van der Waals surface area contributed by atoms with Gasteiger partial charge in [0.1, 0.15) is 12.1 Å². The Kier molecular flexibility index (Phi) is 4.31. The number of carbonyl (C=O) groups is 1. The number of aromatic nitrogens is 3. The molecule has 25 heavy (non-hydrogen) atoms. The zero-order chi connectivity index (χ0) is 17.2. The van der Waals surface area contributed by atoms with Crippen LogP contribution in [0.5, 0.6) is 0 Å². The standard InChI is InChI=1S/C18H22N6O/c19-14-3-7-23(8-4-14)17-15-5-9-24(11-16(15)21-12-22-17)18(25)13-2-1-6-20-10-13/h1-2,6,10,12,14H,3-5,7-9,11,19H2. The molecule has 0 spiro atoms. The Morgan fingerprint density at radius 3 is 2.80 bits per heavy atom. The van der Waals surface area contributed by atoms with Crippen molar-refractivity contribution in [2.75, 3.05) is 24.5 Å². The number of piperidine rings is 1. The summed E-state index contributed by atoms with van der Waals surface area (Å²) in [5.41, 5.74) is 8.75. The minimum absolute atomic E-state index is 0.00265. The van der Waals surface area contributed by atoms with Gasteiger partial charge < -0.3 is 15.5 Å². The van der Waals surface area contributed by atoms with Gasteiger partial charge in [0.15, 0.2) is 0 Å². The topological polar surface area (TPSA) is 88.2 Å². The smallest absolute Gasteiger partial charge is 0.255 e. The molecule has 1 saturated heterocycles. The Labute approximate surface area is 146 Å². The van der Waals surface area contributed by atoms with Crippen LogP contribution >= 0.6 is 0 Å². The van der Waals surface area contributed by atoms with Gasteiger partial charge in [-0.05, 0) is 31.4 Å². The van der Waals surface area contributed by atoms with Crippen molar-refractivity contribution < 1.29 is 4.79 Å². The van der Waals surface area contributed by atoms with E-state index in [1.54, 1.807) is 30.9 Å². The Balaban J connectivity index is 1.54. The average Bonchev–Trinajstić information content (AvgIpc) is 2.68. The van der Waals surface area contributed by atoms with Crippen LogP contribution in [-0.2, 0) is 13.0 Å². The lowest BCUT2D eigenvalue weighted by molar-refractivity contribution is 0.0731. The van der Waals surface area contributed by atoms with Crippen molar-refractivity contribution in [1.29, 1.82) is 0 Å². The van der Waals surface area contributed by atoms with E-state index in [4.69, 9.17) is 5.73 Å². The highest BCUT2D eigenvalue weighted by Gasteiger charge is 2.27. The van der Waals surface area contributed by atoms with Gasteiger partial charge >= 0.3 is 0 Å². The molecule has 2 aliphatic rings. The van der Waals surface area contributed by atoms with E-state index in [9.17, 15) is 4.79 Å². The second-order valence-electron chi connectivity index (χ2n) is 6.67. The Bertz CT molecular complexity index is 757. The summed E-state index contributed by atoms with van der Waals surface area (Å²) in [6.07, 6.45) is 7.65. The number of carbonyl (C=O) groups excluding carboxylic acids is 1. The Hall–Kier alpha value is -2.54. The van der Waals surface area contributed by atoms with Gasteiger partial charge in [-0.3, -0.25) is 9.78 Å². The molecule has 2 aliphatic heterocycles. The van der Waals surface area contributed by atoms with E-state index in [2.05, 4.69) is 19.9 Å². The number of anilines is 1. The second-order valence-corrected chi connectivity index (χ2v) is 6.67. The summed E-state index contributed by atoms with van der Waals surface area (Å²) < 4.78 is 0. The van der Waals surface area contributed by atoms with Crippen LogP contribution < -0.4 is 10.6 Å². The number of fused-ring (bicyclic) bond motifs is 1. The molecule has 4 rings (SSSR count). The van der Waals surface area contributed by atoms with Gasteiger partial charge in [0, 0.05) is 43.6 Å². The first kappa shape index (κ1) is 16.0. The van der Waals surface area contributed by atoms with Crippen LogP contribution in [0.15, 0.2) is 30.9 Å². The van der Waals surface area contributed by atoms with Crippen LogP contribution in [0.1, 0.15) is 34.5 Å². The highest BCUT2D eigenvalue weighted by molar-refractivity contribution is 5.94. The van der Waals surface area contributed by atoms with Gasteiger partial charge in [-0.1, -0.05) is 0 Å². The molecule has 0 unspecified atom stereocenters. The third-order valence-corrected chi connectivity index (χ3v) is 5.02. The van der Waals surface area contributed by atoms with Gasteiger partial charge in [-0.2, -0.15) is 0 Å². The maximum Gasteiger partial charge on any atom is 0.255 e. The molecule has 7 heteroatoms. The number of amides is 1. The molecule has 0 aromatic carbocycles. The first-order valence-corrected chi connectivity index (χ1v) is 8.75. The summed E-state index contributed by atoms with van der Waals surface area (Å²) in [6.45, 7) is 3.06. The Morgan fingerprint density at radius 1 is 1.20 bits per heavy atom. The molecule has 2 N–H and O–H groups in total. The van der Waals surface area contributed by atoms with E-state index >= 15 is 0 Å². The second kappa shape index (κ2) is 6.76. The van der Waals surface area contributed by atoms with E-state index in [1.807, 2.05) is 4.90 Å². The summed E-state index contributed by atoms with van der Waals surface area (Å²) in [6, 6.07) is 3.88. The fourth-order valence-corrected chi connectivity index (χ4v) is 3.57. The van der Waals surface area contributed by atoms with Crippen molar-refractivity contribution >= 4 is 11.7 Å². The molecule has 1 fully saturated rings. The lowest BCUT2D eigenvalue weighted by Gasteiger charge is -2.35. The van der Waals surface area contributed by atoms with Crippen molar-refractivity contribution in [2.24, 2.45) is 5.73 Å². The molecule has 1 amide bonds. The summed E-state index contributed by atoms with van der Waals surface area (Å²) >= 11 is 0. The number of hydrogen-bond acceptors (Lipinski definition) is 6. The molecule has 0 aliphatic carbocycles. The Morgan fingerprint density at radius 2 is 2.04 bits per heavy atom. The van der Waals surface area contributed by atoms with E-state index in [0.29, 0.717) is 24.7 Å². The van der Waals surface area contributed by atoms with E-state index in [0.717, 1.165) is 43.9 Å². The molecule has 2 aromatic heterocycles. The number of nitrogens with two attached hydrogens (primary N) is 1. The molecular weight excluding hydrogens is 316 g/mol. The number of nitrogens with zero attached hydrogens (tertiary/aromatic N) is 5. The molecule has 0 radical (unpaired) electrons. The van der Waals surface area contributed by atoms with Crippen LogP contribution in [0.2, 0.25) is 0 Å². The van der Waals surface area contributed by atoms with Crippen LogP contribution in [0, 0.1) is 0 Å². The van der Waals surface area contributed by atoms with Gasteiger partial charge in [0.05, 0.1) is 17.8 Å². The zero-order valence-electron chi connectivity index (χ0n) is 14.1. The minimum Gasteiger partial charge on any atom is -0.356 e. The van der Waals surface area contributed by atoms with Crippen LogP contribution in [-0.4, -0.2) is 51.4 Å². The van der Waals surface area contributed by atoms with Crippen LogP contribution in [0.3, 0.4) is 0 Å². The lowest BCUT2D eigenvalue weighted by Crippen LogP contribution is -2.42. The van der Waals surface area contributed by atoms with Gasteiger partial charge in [-0.15, -0.1) is 0 Å². The summed E-state index contributed by atoms with van der Waals surface area (Å²) in [4.78, 5) is 29.8. The van der Waals surface area contributed by atoms with Crippen molar-refractivity contribution in [3.05, 3.63) is 47.7 Å². The van der Waals surface area contributed by atoms with E-state index in [-0.39, 0.29) is 5.91 Å². The van der Waals surface area contributed by atoms with Crippen molar-refractivity contribution in [3.8, 4) is 0 Å². The maximum atomic E-state index is 12.7.